The van der Waals surface area contributed by atoms with E-state index < -0.39 is 17.5 Å². The zero-order valence-corrected chi connectivity index (χ0v) is 13.1. The highest BCUT2D eigenvalue weighted by molar-refractivity contribution is 9.10. The van der Waals surface area contributed by atoms with E-state index in [2.05, 4.69) is 15.9 Å². The molecule has 1 heterocycles. The number of Topliss-reactive ketones (excluding diaryl/α,β-unsaturated/α-hetero) is 1. The van der Waals surface area contributed by atoms with E-state index in [0.717, 1.165) is 0 Å². The number of carbonyl (C=O) groups excluding carboxylic acids is 2. The lowest BCUT2D eigenvalue weighted by molar-refractivity contribution is -0.114. The number of nitrogens with zero attached hydrogens (tertiary/aromatic N) is 1. The molecule has 1 amide bonds. The molecule has 0 saturated heterocycles. The van der Waals surface area contributed by atoms with Gasteiger partial charge in [0.1, 0.15) is 5.82 Å². The van der Waals surface area contributed by atoms with Crippen LogP contribution >= 0.6 is 15.9 Å². The first-order chi connectivity index (χ1) is 9.20. The number of rotatable bonds is 3. The number of carbonyl (C=O) groups is 2. The van der Waals surface area contributed by atoms with Crippen LogP contribution in [0, 0.1) is 5.82 Å². The zero-order chi connectivity index (χ0) is 15.1. The number of hydrogen-bond donors (Lipinski definition) is 0. The first-order valence-corrected chi connectivity index (χ1v) is 6.99. The summed E-state index contributed by atoms with van der Waals surface area (Å²) >= 11 is 3.01. The standard InChI is InChI=1S/C14H15BrFNO3/c1-14(2,3)20-5-4-17-11-7-10(16)9(15)6-8(11)12(18)13(17)19/h6-7H,4-5H2,1-3H3. The quantitative estimate of drug-likeness (QED) is 0.792. The number of benzene rings is 1. The molecule has 0 N–H and O–H groups in total. The Morgan fingerprint density at radius 1 is 1.30 bits per heavy atom. The van der Waals surface area contributed by atoms with Gasteiger partial charge in [-0.1, -0.05) is 0 Å². The molecular formula is C14H15BrFNO3. The molecule has 0 unspecified atom stereocenters. The average molecular weight is 344 g/mol. The van der Waals surface area contributed by atoms with Gasteiger partial charge in [0, 0.05) is 6.54 Å². The topological polar surface area (TPSA) is 46.6 Å². The molecule has 0 aliphatic carbocycles. The lowest BCUT2D eigenvalue weighted by Gasteiger charge is -2.22. The van der Waals surface area contributed by atoms with E-state index in [1.807, 2.05) is 20.8 Å². The molecule has 1 aromatic rings. The summed E-state index contributed by atoms with van der Waals surface area (Å²) in [6.07, 6.45) is 0. The molecule has 0 atom stereocenters. The van der Waals surface area contributed by atoms with E-state index in [-0.39, 0.29) is 28.8 Å². The van der Waals surface area contributed by atoms with Crippen LogP contribution in [-0.2, 0) is 9.53 Å². The van der Waals surface area contributed by atoms with Crippen LogP contribution in [0.1, 0.15) is 31.1 Å². The maximum absolute atomic E-state index is 13.6. The van der Waals surface area contributed by atoms with Gasteiger partial charge in [0.15, 0.2) is 0 Å². The molecule has 4 nitrogen and oxygen atoms in total. The number of anilines is 1. The molecule has 1 aliphatic heterocycles. The van der Waals surface area contributed by atoms with Crippen molar-refractivity contribution in [3.8, 4) is 0 Å². The summed E-state index contributed by atoms with van der Waals surface area (Å²) < 4.78 is 19.3. The summed E-state index contributed by atoms with van der Waals surface area (Å²) in [6.45, 7) is 6.19. The van der Waals surface area contributed by atoms with Crippen molar-refractivity contribution < 1.29 is 18.7 Å². The number of hydrogen-bond acceptors (Lipinski definition) is 3. The van der Waals surface area contributed by atoms with Crippen molar-refractivity contribution in [3.05, 3.63) is 28.0 Å². The van der Waals surface area contributed by atoms with Gasteiger partial charge >= 0.3 is 0 Å². The summed E-state index contributed by atoms with van der Waals surface area (Å²) in [5.41, 5.74) is 0.192. The SMILES string of the molecule is CC(C)(C)OCCN1C(=O)C(=O)c2cc(Br)c(F)cc21. The average Bonchev–Trinajstić information content (AvgIpc) is 2.54. The van der Waals surface area contributed by atoms with Crippen LogP contribution in [0.2, 0.25) is 0 Å². The fourth-order valence-electron chi connectivity index (χ4n) is 1.95. The highest BCUT2D eigenvalue weighted by atomic mass is 79.9. The van der Waals surface area contributed by atoms with Crippen LogP contribution in [0.5, 0.6) is 0 Å². The Morgan fingerprint density at radius 2 is 1.95 bits per heavy atom. The molecule has 1 aromatic carbocycles. The van der Waals surface area contributed by atoms with E-state index in [1.165, 1.54) is 17.0 Å². The van der Waals surface area contributed by atoms with Crippen molar-refractivity contribution in [1.82, 2.24) is 0 Å². The van der Waals surface area contributed by atoms with Crippen molar-refractivity contribution in [3.63, 3.8) is 0 Å². The molecular weight excluding hydrogens is 329 g/mol. The Hall–Kier alpha value is -1.27. The number of halogens is 2. The van der Waals surface area contributed by atoms with Gasteiger partial charge in [0.2, 0.25) is 0 Å². The van der Waals surface area contributed by atoms with Crippen LogP contribution in [0.25, 0.3) is 0 Å². The van der Waals surface area contributed by atoms with Gasteiger partial charge in [0.05, 0.1) is 27.9 Å². The van der Waals surface area contributed by atoms with E-state index in [1.54, 1.807) is 0 Å². The van der Waals surface area contributed by atoms with Crippen LogP contribution in [-0.4, -0.2) is 30.4 Å². The Balaban J connectivity index is 2.22. The van der Waals surface area contributed by atoms with E-state index >= 15 is 0 Å². The van der Waals surface area contributed by atoms with Gasteiger partial charge in [-0.05, 0) is 48.8 Å². The Bertz CT molecular complexity index is 581. The Kier molecular flexibility index (Phi) is 3.97. The highest BCUT2D eigenvalue weighted by Gasteiger charge is 2.36. The minimum atomic E-state index is -0.644. The van der Waals surface area contributed by atoms with Crippen molar-refractivity contribution in [2.24, 2.45) is 0 Å². The largest absolute Gasteiger partial charge is 0.374 e. The lowest BCUT2D eigenvalue weighted by atomic mass is 10.1. The summed E-state index contributed by atoms with van der Waals surface area (Å²) in [5.74, 6) is -1.76. The molecule has 0 fully saturated rings. The monoisotopic (exact) mass is 343 g/mol. The zero-order valence-electron chi connectivity index (χ0n) is 11.5. The van der Waals surface area contributed by atoms with E-state index in [4.69, 9.17) is 4.74 Å². The maximum atomic E-state index is 13.6. The third-order valence-corrected chi connectivity index (χ3v) is 3.47. The maximum Gasteiger partial charge on any atom is 0.299 e. The van der Waals surface area contributed by atoms with E-state index in [0.29, 0.717) is 5.69 Å². The number of ether oxygens (including phenoxy) is 1. The van der Waals surface area contributed by atoms with Crippen molar-refractivity contribution in [2.75, 3.05) is 18.1 Å². The fraction of sp³-hybridized carbons (Fsp3) is 0.429. The predicted molar refractivity (Wildman–Crippen MR) is 76.5 cm³/mol. The third kappa shape index (κ3) is 2.91. The lowest BCUT2D eigenvalue weighted by Crippen LogP contribution is -2.34. The summed E-state index contributed by atoms with van der Waals surface area (Å²) in [4.78, 5) is 25.0. The summed E-state index contributed by atoms with van der Waals surface area (Å²) in [6, 6.07) is 2.54. The van der Waals surface area contributed by atoms with Crippen LogP contribution in [0.4, 0.5) is 10.1 Å². The Morgan fingerprint density at radius 3 is 2.55 bits per heavy atom. The first kappa shape index (κ1) is 15.1. The van der Waals surface area contributed by atoms with Gasteiger partial charge in [-0.15, -0.1) is 0 Å². The minimum Gasteiger partial charge on any atom is -0.374 e. The molecule has 0 aromatic heterocycles. The summed E-state index contributed by atoms with van der Waals surface area (Å²) in [7, 11) is 0. The molecule has 1 aliphatic rings. The van der Waals surface area contributed by atoms with E-state index in [9.17, 15) is 14.0 Å². The molecule has 0 spiro atoms. The Labute approximate surface area is 125 Å². The second kappa shape index (κ2) is 5.26. The number of amides is 1. The molecule has 6 heteroatoms. The summed E-state index contributed by atoms with van der Waals surface area (Å²) in [5, 5.41) is 0. The van der Waals surface area contributed by atoms with Crippen LogP contribution in [0.3, 0.4) is 0 Å². The smallest absolute Gasteiger partial charge is 0.299 e. The molecule has 0 saturated carbocycles. The molecule has 20 heavy (non-hydrogen) atoms. The van der Waals surface area contributed by atoms with Crippen molar-refractivity contribution in [1.29, 1.82) is 0 Å². The highest BCUT2D eigenvalue weighted by Crippen LogP contribution is 2.33. The second-order valence-corrected chi connectivity index (χ2v) is 6.38. The molecule has 108 valence electrons. The van der Waals surface area contributed by atoms with Crippen LogP contribution in [0.15, 0.2) is 16.6 Å². The van der Waals surface area contributed by atoms with Crippen LogP contribution < -0.4 is 4.90 Å². The van der Waals surface area contributed by atoms with Crippen molar-refractivity contribution in [2.45, 2.75) is 26.4 Å². The first-order valence-electron chi connectivity index (χ1n) is 6.20. The minimum absolute atomic E-state index is 0.171. The number of fused-ring (bicyclic) bond motifs is 1. The van der Waals surface area contributed by atoms with Crippen molar-refractivity contribution >= 4 is 33.3 Å². The second-order valence-electron chi connectivity index (χ2n) is 5.53. The molecule has 2 rings (SSSR count). The normalized spacial score (nSPS) is 14.9. The number of ketones is 1. The fourth-order valence-corrected chi connectivity index (χ4v) is 2.30. The third-order valence-electron chi connectivity index (χ3n) is 2.86. The predicted octanol–water partition coefficient (Wildman–Crippen LogP) is 2.93. The van der Waals surface area contributed by atoms with Gasteiger partial charge < -0.3 is 9.64 Å². The molecule has 0 radical (unpaired) electrons. The van der Waals surface area contributed by atoms with Gasteiger partial charge in [0.25, 0.3) is 11.7 Å². The molecule has 0 bridgehead atoms. The van der Waals surface area contributed by atoms with Gasteiger partial charge in [-0.3, -0.25) is 9.59 Å². The van der Waals surface area contributed by atoms with Gasteiger partial charge in [-0.25, -0.2) is 4.39 Å². The van der Waals surface area contributed by atoms with Gasteiger partial charge in [-0.2, -0.15) is 0 Å².